The predicted molar refractivity (Wildman–Crippen MR) is 73.5 cm³/mol. The van der Waals surface area contributed by atoms with E-state index in [1.807, 2.05) is 13.8 Å². The fourth-order valence-electron chi connectivity index (χ4n) is 2.12. The summed E-state index contributed by atoms with van der Waals surface area (Å²) in [5.41, 5.74) is 0.501. The molecular formula is C15H18N2O3. The summed E-state index contributed by atoms with van der Waals surface area (Å²) in [7, 11) is 1.66. The average Bonchev–Trinajstić information content (AvgIpc) is 2.90. The van der Waals surface area contributed by atoms with Crippen molar-refractivity contribution in [2.24, 2.45) is 5.92 Å². The molecule has 1 unspecified atom stereocenters. The molecule has 0 saturated heterocycles. The molecular weight excluding hydrogens is 256 g/mol. The average molecular weight is 274 g/mol. The Morgan fingerprint density at radius 2 is 2.10 bits per heavy atom. The second-order valence-corrected chi connectivity index (χ2v) is 5.26. The number of carbonyl (C=O) groups is 1. The lowest BCUT2D eigenvalue weighted by Crippen LogP contribution is -2.37. The Morgan fingerprint density at radius 3 is 2.75 bits per heavy atom. The number of fused-ring (bicyclic) bond motifs is 1. The zero-order chi connectivity index (χ0) is 14.7. The third-order valence-corrected chi connectivity index (χ3v) is 3.25. The Hall–Kier alpha value is -2.22. The van der Waals surface area contributed by atoms with Gasteiger partial charge in [-0.3, -0.25) is 4.79 Å². The first-order valence-electron chi connectivity index (χ1n) is 6.59. The third kappa shape index (κ3) is 2.85. The lowest BCUT2D eigenvalue weighted by atomic mass is 10.0. The Labute approximate surface area is 118 Å². The zero-order valence-electron chi connectivity index (χ0n) is 11.9. The highest BCUT2D eigenvalue weighted by atomic mass is 16.7. The summed E-state index contributed by atoms with van der Waals surface area (Å²) >= 11 is 0. The van der Waals surface area contributed by atoms with Gasteiger partial charge in [0.2, 0.25) is 6.79 Å². The van der Waals surface area contributed by atoms with Gasteiger partial charge >= 0.3 is 0 Å². The Morgan fingerprint density at radius 1 is 1.40 bits per heavy atom. The van der Waals surface area contributed by atoms with Crippen LogP contribution < -0.4 is 9.47 Å². The number of nitrogens with zero attached hydrogens (tertiary/aromatic N) is 2. The number of nitriles is 1. The van der Waals surface area contributed by atoms with Gasteiger partial charge in [-0.2, -0.15) is 5.26 Å². The minimum Gasteiger partial charge on any atom is -0.454 e. The maximum Gasteiger partial charge on any atom is 0.254 e. The summed E-state index contributed by atoms with van der Waals surface area (Å²) in [5, 5.41) is 9.21. The maximum atomic E-state index is 12.4. The fraction of sp³-hybridized carbons (Fsp3) is 0.467. The van der Waals surface area contributed by atoms with Crippen molar-refractivity contribution in [3.05, 3.63) is 23.8 Å². The summed E-state index contributed by atoms with van der Waals surface area (Å²) in [6.07, 6.45) is 0.656. The summed E-state index contributed by atoms with van der Waals surface area (Å²) in [5.74, 6) is 1.38. The third-order valence-electron chi connectivity index (χ3n) is 3.25. The minimum atomic E-state index is -0.423. The Kier molecular flexibility index (Phi) is 4.14. The summed E-state index contributed by atoms with van der Waals surface area (Å²) in [6, 6.07) is 6.83. The molecule has 20 heavy (non-hydrogen) atoms. The molecule has 1 amide bonds. The normalized spacial score (nSPS) is 13.9. The van der Waals surface area contributed by atoms with E-state index in [-0.39, 0.29) is 12.7 Å². The van der Waals surface area contributed by atoms with E-state index in [9.17, 15) is 10.1 Å². The molecule has 5 heteroatoms. The van der Waals surface area contributed by atoms with Crippen molar-refractivity contribution in [1.29, 1.82) is 5.26 Å². The molecule has 5 nitrogen and oxygen atoms in total. The number of benzene rings is 1. The van der Waals surface area contributed by atoms with Crippen LogP contribution in [0.4, 0.5) is 0 Å². The molecule has 0 saturated carbocycles. The molecule has 1 aromatic rings. The van der Waals surface area contributed by atoms with Gasteiger partial charge in [0.15, 0.2) is 11.5 Å². The molecule has 0 N–H and O–H groups in total. The van der Waals surface area contributed by atoms with Crippen molar-refractivity contribution in [3.8, 4) is 17.6 Å². The number of hydrogen-bond donors (Lipinski definition) is 0. The van der Waals surface area contributed by atoms with Gasteiger partial charge in [0.25, 0.3) is 5.91 Å². The van der Waals surface area contributed by atoms with E-state index < -0.39 is 6.04 Å². The largest absolute Gasteiger partial charge is 0.454 e. The molecule has 2 rings (SSSR count). The van der Waals surface area contributed by atoms with Gasteiger partial charge in [-0.25, -0.2) is 0 Å². The molecule has 0 fully saturated rings. The molecule has 1 aliphatic rings. The Balaban J connectivity index is 2.16. The lowest BCUT2D eigenvalue weighted by Gasteiger charge is -2.24. The first-order valence-corrected chi connectivity index (χ1v) is 6.59. The number of ether oxygens (including phenoxy) is 2. The van der Waals surface area contributed by atoms with E-state index in [1.54, 1.807) is 25.2 Å². The van der Waals surface area contributed by atoms with Gasteiger partial charge in [-0.1, -0.05) is 13.8 Å². The van der Waals surface area contributed by atoms with Crippen LogP contribution in [0.1, 0.15) is 30.6 Å². The van der Waals surface area contributed by atoms with E-state index in [4.69, 9.17) is 9.47 Å². The number of amides is 1. The van der Waals surface area contributed by atoms with Crippen LogP contribution in [0.15, 0.2) is 18.2 Å². The van der Waals surface area contributed by atoms with Crippen LogP contribution in [0, 0.1) is 17.2 Å². The topological polar surface area (TPSA) is 62.6 Å². The second kappa shape index (κ2) is 5.83. The Bertz CT molecular complexity index is 549. The monoisotopic (exact) mass is 274 g/mol. The molecule has 0 radical (unpaired) electrons. The molecule has 1 heterocycles. The maximum absolute atomic E-state index is 12.4. The van der Waals surface area contributed by atoms with Crippen LogP contribution in [0.25, 0.3) is 0 Å². The van der Waals surface area contributed by atoms with E-state index in [0.717, 1.165) is 0 Å². The molecule has 0 bridgehead atoms. The van der Waals surface area contributed by atoms with E-state index in [1.165, 1.54) is 4.90 Å². The number of hydrogen-bond acceptors (Lipinski definition) is 4. The molecule has 0 aliphatic carbocycles. The van der Waals surface area contributed by atoms with Gasteiger partial charge in [0, 0.05) is 12.6 Å². The van der Waals surface area contributed by atoms with Crippen molar-refractivity contribution in [2.45, 2.75) is 26.3 Å². The first kappa shape index (κ1) is 14.2. The van der Waals surface area contributed by atoms with E-state index >= 15 is 0 Å². The van der Waals surface area contributed by atoms with E-state index in [2.05, 4.69) is 6.07 Å². The molecule has 1 aliphatic heterocycles. The first-order chi connectivity index (χ1) is 9.52. The summed E-state index contributed by atoms with van der Waals surface area (Å²) in [4.78, 5) is 13.9. The molecule has 0 aromatic heterocycles. The molecule has 1 aromatic carbocycles. The second-order valence-electron chi connectivity index (χ2n) is 5.26. The quantitative estimate of drug-likeness (QED) is 0.846. The summed E-state index contributed by atoms with van der Waals surface area (Å²) < 4.78 is 10.5. The lowest BCUT2D eigenvalue weighted by molar-refractivity contribution is 0.0751. The standard InChI is InChI=1S/C15H18N2O3/c1-10(2)6-12(8-16)17(3)15(18)11-4-5-13-14(7-11)20-9-19-13/h4-5,7,10,12H,6,9H2,1-3H3. The molecule has 106 valence electrons. The smallest absolute Gasteiger partial charge is 0.254 e. The predicted octanol–water partition coefficient (Wildman–Crippen LogP) is 2.43. The van der Waals surface area contributed by atoms with Crippen LogP contribution in [-0.2, 0) is 0 Å². The van der Waals surface area contributed by atoms with Gasteiger partial charge in [-0.15, -0.1) is 0 Å². The van der Waals surface area contributed by atoms with Crippen molar-refractivity contribution < 1.29 is 14.3 Å². The SMILES string of the molecule is CC(C)CC(C#N)N(C)C(=O)c1ccc2c(c1)OCO2. The highest BCUT2D eigenvalue weighted by molar-refractivity contribution is 5.95. The van der Waals surface area contributed by atoms with Crippen molar-refractivity contribution in [3.63, 3.8) is 0 Å². The highest BCUT2D eigenvalue weighted by Crippen LogP contribution is 2.32. The summed E-state index contributed by atoms with van der Waals surface area (Å²) in [6.45, 7) is 4.24. The van der Waals surface area contributed by atoms with Crippen molar-refractivity contribution in [1.82, 2.24) is 4.90 Å². The molecule has 1 atom stereocenters. The van der Waals surface area contributed by atoms with E-state index in [0.29, 0.717) is 29.4 Å². The van der Waals surface area contributed by atoms with Crippen LogP contribution in [0.5, 0.6) is 11.5 Å². The van der Waals surface area contributed by atoms with Gasteiger partial charge in [0.05, 0.1) is 6.07 Å². The number of carbonyl (C=O) groups excluding carboxylic acids is 1. The zero-order valence-corrected chi connectivity index (χ0v) is 11.9. The minimum absolute atomic E-state index is 0.178. The highest BCUT2D eigenvalue weighted by Gasteiger charge is 2.23. The van der Waals surface area contributed by atoms with Gasteiger partial charge in [-0.05, 0) is 30.5 Å². The van der Waals surface area contributed by atoms with Crippen molar-refractivity contribution in [2.75, 3.05) is 13.8 Å². The van der Waals surface area contributed by atoms with Gasteiger partial charge in [0.1, 0.15) is 6.04 Å². The van der Waals surface area contributed by atoms with Crippen LogP contribution in [-0.4, -0.2) is 30.7 Å². The molecule has 0 spiro atoms. The van der Waals surface area contributed by atoms with Crippen molar-refractivity contribution >= 4 is 5.91 Å². The fourth-order valence-corrected chi connectivity index (χ4v) is 2.12. The van der Waals surface area contributed by atoms with Crippen LogP contribution in [0.2, 0.25) is 0 Å². The van der Waals surface area contributed by atoms with Crippen LogP contribution >= 0.6 is 0 Å². The van der Waals surface area contributed by atoms with Crippen LogP contribution in [0.3, 0.4) is 0 Å². The number of rotatable bonds is 4. The van der Waals surface area contributed by atoms with Gasteiger partial charge < -0.3 is 14.4 Å².